The molecule has 2 heterocycles. The van der Waals surface area contributed by atoms with Crippen LogP contribution in [0.15, 0.2) is 24.3 Å². The zero-order chi connectivity index (χ0) is 15.5. The Labute approximate surface area is 137 Å². The lowest BCUT2D eigenvalue weighted by atomic mass is 10.1. The average Bonchev–Trinajstić information content (AvgIpc) is 2.92. The Morgan fingerprint density at radius 3 is 2.64 bits per heavy atom. The van der Waals surface area contributed by atoms with Crippen molar-refractivity contribution in [2.24, 2.45) is 0 Å². The number of amides is 1. The number of anilines is 1. The number of halogens is 1. The van der Waals surface area contributed by atoms with Crippen LogP contribution in [0, 0.1) is 0 Å². The van der Waals surface area contributed by atoms with E-state index in [0.29, 0.717) is 18.4 Å². The van der Waals surface area contributed by atoms with E-state index in [0.717, 1.165) is 49.9 Å². The summed E-state index contributed by atoms with van der Waals surface area (Å²) in [5, 5.41) is 0.764. The SMILES string of the molecule is CN1CCCC1CC(=O)N1CCN(c2cccc(Cl)c2)CC1. The second-order valence-corrected chi connectivity index (χ2v) is 6.76. The predicted molar refractivity (Wildman–Crippen MR) is 90.5 cm³/mol. The first-order chi connectivity index (χ1) is 10.6. The maximum Gasteiger partial charge on any atom is 0.224 e. The van der Waals surface area contributed by atoms with E-state index in [2.05, 4.69) is 22.9 Å². The molecule has 120 valence electrons. The smallest absolute Gasteiger partial charge is 0.224 e. The highest BCUT2D eigenvalue weighted by Gasteiger charge is 2.27. The van der Waals surface area contributed by atoms with Crippen LogP contribution < -0.4 is 4.90 Å². The summed E-state index contributed by atoms with van der Waals surface area (Å²) in [7, 11) is 2.13. The number of benzene rings is 1. The van der Waals surface area contributed by atoms with E-state index in [-0.39, 0.29) is 0 Å². The second kappa shape index (κ2) is 6.88. The molecule has 2 aliphatic heterocycles. The minimum absolute atomic E-state index is 0.310. The lowest BCUT2D eigenvalue weighted by molar-refractivity contribution is -0.132. The van der Waals surface area contributed by atoms with Crippen LogP contribution in [0.3, 0.4) is 0 Å². The number of rotatable bonds is 3. The summed E-state index contributed by atoms with van der Waals surface area (Å²) >= 11 is 6.06. The summed E-state index contributed by atoms with van der Waals surface area (Å²) in [6, 6.07) is 8.38. The predicted octanol–water partition coefficient (Wildman–Crippen LogP) is 2.47. The summed E-state index contributed by atoms with van der Waals surface area (Å²) in [6.07, 6.45) is 3.05. The molecule has 4 nitrogen and oxygen atoms in total. The van der Waals surface area contributed by atoms with E-state index < -0.39 is 0 Å². The van der Waals surface area contributed by atoms with Crippen molar-refractivity contribution in [3.63, 3.8) is 0 Å². The largest absolute Gasteiger partial charge is 0.368 e. The van der Waals surface area contributed by atoms with E-state index in [1.165, 1.54) is 6.42 Å². The number of carbonyl (C=O) groups is 1. The average molecular weight is 322 g/mol. The van der Waals surface area contributed by atoms with Gasteiger partial charge in [0.1, 0.15) is 0 Å². The highest BCUT2D eigenvalue weighted by Crippen LogP contribution is 2.22. The first-order valence-corrected chi connectivity index (χ1v) is 8.50. The molecule has 1 aromatic rings. The molecule has 0 radical (unpaired) electrons. The summed E-state index contributed by atoms with van der Waals surface area (Å²) < 4.78 is 0. The third-order valence-electron chi connectivity index (χ3n) is 4.89. The van der Waals surface area contributed by atoms with Gasteiger partial charge in [-0.05, 0) is 44.6 Å². The van der Waals surface area contributed by atoms with E-state index in [4.69, 9.17) is 11.6 Å². The summed E-state index contributed by atoms with van der Waals surface area (Å²) in [6.45, 7) is 4.50. The van der Waals surface area contributed by atoms with Gasteiger partial charge in [-0.2, -0.15) is 0 Å². The van der Waals surface area contributed by atoms with Gasteiger partial charge in [-0.3, -0.25) is 4.79 Å². The Kier molecular flexibility index (Phi) is 4.89. The zero-order valence-electron chi connectivity index (χ0n) is 13.2. The molecule has 22 heavy (non-hydrogen) atoms. The maximum absolute atomic E-state index is 12.5. The molecular formula is C17H24ClN3O. The number of hydrogen-bond donors (Lipinski definition) is 0. The van der Waals surface area contributed by atoms with Crippen molar-refractivity contribution >= 4 is 23.2 Å². The molecule has 3 rings (SSSR count). The van der Waals surface area contributed by atoms with Crippen molar-refractivity contribution in [2.75, 3.05) is 44.7 Å². The van der Waals surface area contributed by atoms with Crippen molar-refractivity contribution in [3.05, 3.63) is 29.3 Å². The Balaban J connectivity index is 1.52. The number of hydrogen-bond acceptors (Lipinski definition) is 3. The van der Waals surface area contributed by atoms with Crippen LogP contribution >= 0.6 is 11.6 Å². The van der Waals surface area contributed by atoms with Gasteiger partial charge in [-0.1, -0.05) is 17.7 Å². The monoisotopic (exact) mass is 321 g/mol. The summed E-state index contributed by atoms with van der Waals surface area (Å²) in [5.41, 5.74) is 1.15. The highest BCUT2D eigenvalue weighted by molar-refractivity contribution is 6.30. The maximum atomic E-state index is 12.5. The van der Waals surface area contributed by atoms with Gasteiger partial charge < -0.3 is 14.7 Å². The van der Waals surface area contributed by atoms with Gasteiger partial charge in [-0.25, -0.2) is 0 Å². The second-order valence-electron chi connectivity index (χ2n) is 6.33. The van der Waals surface area contributed by atoms with Crippen molar-refractivity contribution in [3.8, 4) is 0 Å². The normalized spacial score (nSPS) is 23.1. The summed E-state index contributed by atoms with van der Waals surface area (Å²) in [4.78, 5) is 19.1. The van der Waals surface area contributed by atoms with Crippen LogP contribution in [0.5, 0.6) is 0 Å². The van der Waals surface area contributed by atoms with Gasteiger partial charge in [0.15, 0.2) is 0 Å². The molecule has 0 N–H and O–H groups in total. The van der Waals surface area contributed by atoms with E-state index in [9.17, 15) is 4.79 Å². The lowest BCUT2D eigenvalue weighted by Crippen LogP contribution is -2.49. The minimum Gasteiger partial charge on any atom is -0.368 e. The Hall–Kier alpha value is -1.26. The van der Waals surface area contributed by atoms with Crippen molar-refractivity contribution in [1.82, 2.24) is 9.80 Å². The summed E-state index contributed by atoms with van der Waals surface area (Å²) in [5.74, 6) is 0.310. The quantitative estimate of drug-likeness (QED) is 0.855. The molecule has 5 heteroatoms. The van der Waals surface area contributed by atoms with E-state index in [1.807, 2.05) is 23.1 Å². The minimum atomic E-state index is 0.310. The third-order valence-corrected chi connectivity index (χ3v) is 5.12. The van der Waals surface area contributed by atoms with Gasteiger partial charge in [0, 0.05) is 49.4 Å². The van der Waals surface area contributed by atoms with Crippen LogP contribution in [0.4, 0.5) is 5.69 Å². The number of nitrogens with zero attached hydrogens (tertiary/aromatic N) is 3. The van der Waals surface area contributed by atoms with Crippen LogP contribution in [0.25, 0.3) is 0 Å². The third kappa shape index (κ3) is 3.55. The topological polar surface area (TPSA) is 26.8 Å². The first-order valence-electron chi connectivity index (χ1n) is 8.12. The van der Waals surface area contributed by atoms with Crippen molar-refractivity contribution in [2.45, 2.75) is 25.3 Å². The molecule has 1 aromatic carbocycles. The number of likely N-dealkylation sites (tertiary alicyclic amines) is 1. The molecule has 2 aliphatic rings. The van der Waals surface area contributed by atoms with Crippen molar-refractivity contribution in [1.29, 1.82) is 0 Å². The molecule has 0 aromatic heterocycles. The Bertz CT molecular complexity index is 528. The van der Waals surface area contributed by atoms with Gasteiger partial charge in [0.05, 0.1) is 0 Å². The fourth-order valence-corrected chi connectivity index (χ4v) is 3.64. The van der Waals surface area contributed by atoms with E-state index >= 15 is 0 Å². The van der Waals surface area contributed by atoms with Gasteiger partial charge >= 0.3 is 0 Å². The molecule has 1 atom stereocenters. The standard InChI is InChI=1S/C17H24ClN3O/c1-19-7-3-6-15(19)13-17(22)21-10-8-20(9-11-21)16-5-2-4-14(18)12-16/h2,4-5,12,15H,3,6-11,13H2,1H3. The fourth-order valence-electron chi connectivity index (χ4n) is 3.45. The molecule has 0 spiro atoms. The molecule has 0 aliphatic carbocycles. The molecule has 2 saturated heterocycles. The van der Waals surface area contributed by atoms with Crippen molar-refractivity contribution < 1.29 is 4.79 Å². The van der Waals surface area contributed by atoms with Gasteiger partial charge in [0.2, 0.25) is 5.91 Å². The van der Waals surface area contributed by atoms with Gasteiger partial charge in [-0.15, -0.1) is 0 Å². The van der Waals surface area contributed by atoms with E-state index in [1.54, 1.807) is 0 Å². The Morgan fingerprint density at radius 2 is 2.00 bits per heavy atom. The van der Waals surface area contributed by atoms with Crippen LogP contribution in [-0.4, -0.2) is 61.5 Å². The zero-order valence-corrected chi connectivity index (χ0v) is 13.9. The molecular weight excluding hydrogens is 298 g/mol. The number of piperazine rings is 1. The molecule has 0 saturated carbocycles. The van der Waals surface area contributed by atoms with Crippen LogP contribution in [0.2, 0.25) is 5.02 Å². The van der Waals surface area contributed by atoms with Crippen LogP contribution in [0.1, 0.15) is 19.3 Å². The molecule has 1 unspecified atom stereocenters. The molecule has 1 amide bonds. The molecule has 0 bridgehead atoms. The van der Waals surface area contributed by atoms with Crippen LogP contribution in [-0.2, 0) is 4.79 Å². The molecule has 2 fully saturated rings. The number of carbonyl (C=O) groups excluding carboxylic acids is 1. The first kappa shape index (κ1) is 15.6. The highest BCUT2D eigenvalue weighted by atomic mass is 35.5. The Morgan fingerprint density at radius 1 is 1.23 bits per heavy atom. The van der Waals surface area contributed by atoms with Gasteiger partial charge in [0.25, 0.3) is 0 Å². The lowest BCUT2D eigenvalue weighted by Gasteiger charge is -2.37. The fraction of sp³-hybridized carbons (Fsp3) is 0.588.